The van der Waals surface area contributed by atoms with Crippen molar-refractivity contribution in [3.8, 4) is 11.6 Å². The number of aromatic nitrogens is 2. The third kappa shape index (κ3) is 3.42. The Kier molecular flexibility index (Phi) is 4.50. The number of phosphoric acid groups is 1. The summed E-state index contributed by atoms with van der Waals surface area (Å²) in [7, 11) is -4.08. The molecular formula is C16H11F2N2O7P. The van der Waals surface area contributed by atoms with E-state index in [2.05, 4.69) is 0 Å². The van der Waals surface area contributed by atoms with Gasteiger partial charge in [-0.2, -0.15) is 4.39 Å². The molecule has 12 heteroatoms. The fourth-order valence-corrected chi connectivity index (χ4v) is 3.57. The van der Waals surface area contributed by atoms with E-state index in [1.807, 2.05) is 0 Å². The molecule has 0 saturated heterocycles. The summed E-state index contributed by atoms with van der Waals surface area (Å²) in [6, 6.07) is 6.91. The molecule has 0 amide bonds. The van der Waals surface area contributed by atoms with Crippen LogP contribution in [0.3, 0.4) is 0 Å². The first-order valence-corrected chi connectivity index (χ1v) is 9.27. The van der Waals surface area contributed by atoms with Crippen LogP contribution in [0.5, 0.6) is 5.75 Å². The highest BCUT2D eigenvalue weighted by molar-refractivity contribution is 7.49. The number of hydrogen-bond donors (Lipinski definition) is 1. The Morgan fingerprint density at radius 3 is 2.79 bits per heavy atom. The van der Waals surface area contributed by atoms with Crippen molar-refractivity contribution in [3.05, 3.63) is 80.3 Å². The average molecular weight is 412 g/mol. The van der Waals surface area contributed by atoms with E-state index in [1.54, 1.807) is 11.1 Å². The van der Waals surface area contributed by atoms with Crippen LogP contribution < -0.4 is 15.8 Å². The first-order chi connectivity index (χ1) is 13.3. The van der Waals surface area contributed by atoms with E-state index in [0.29, 0.717) is 10.8 Å². The summed E-state index contributed by atoms with van der Waals surface area (Å²) in [4.78, 5) is 24.7. The Labute approximate surface area is 154 Å². The number of furan rings is 1. The predicted molar refractivity (Wildman–Crippen MR) is 89.1 cm³/mol. The Bertz CT molecular complexity index is 1220. The molecule has 2 aromatic heterocycles. The molecule has 0 unspecified atom stereocenters. The van der Waals surface area contributed by atoms with Gasteiger partial charge >= 0.3 is 13.5 Å². The van der Waals surface area contributed by atoms with Crippen molar-refractivity contribution in [2.45, 2.75) is 13.2 Å². The van der Waals surface area contributed by atoms with Crippen LogP contribution in [0.4, 0.5) is 8.78 Å². The maximum atomic E-state index is 13.6. The Morgan fingerprint density at radius 2 is 2.00 bits per heavy atom. The van der Waals surface area contributed by atoms with Crippen LogP contribution in [-0.2, 0) is 26.8 Å². The molecule has 146 valence electrons. The highest BCUT2D eigenvalue weighted by Gasteiger charge is 2.37. The molecule has 1 aromatic carbocycles. The van der Waals surface area contributed by atoms with Crippen molar-refractivity contribution in [2.24, 2.45) is 0 Å². The topological polar surface area (TPSA) is 113 Å². The van der Waals surface area contributed by atoms with Gasteiger partial charge in [-0.3, -0.25) is 18.8 Å². The molecule has 0 saturated carbocycles. The molecule has 9 nitrogen and oxygen atoms in total. The van der Waals surface area contributed by atoms with E-state index in [9.17, 15) is 22.9 Å². The van der Waals surface area contributed by atoms with Crippen molar-refractivity contribution in [3.63, 3.8) is 0 Å². The monoisotopic (exact) mass is 412 g/mol. The summed E-state index contributed by atoms with van der Waals surface area (Å²) in [6.07, 6.45) is 0.639. The summed E-state index contributed by atoms with van der Waals surface area (Å²) in [5.41, 5.74) is -1.97. The number of hydrogen-bond acceptors (Lipinski definition) is 7. The number of H-pyrrole nitrogens is 1. The van der Waals surface area contributed by atoms with E-state index in [-0.39, 0.29) is 36.2 Å². The lowest BCUT2D eigenvalue weighted by Gasteiger charge is -2.21. The SMILES string of the molecule is O=c1[nH]c(=O)n(-c2cc3c(o2)CO[P@](=O)(OCc2ccccc2F)O3)cc1F. The molecule has 1 atom stereocenters. The van der Waals surface area contributed by atoms with Crippen LogP contribution in [0, 0.1) is 11.6 Å². The molecule has 0 fully saturated rings. The third-order valence-electron chi connectivity index (χ3n) is 3.79. The number of halogens is 2. The minimum absolute atomic E-state index is 0.0587. The van der Waals surface area contributed by atoms with E-state index in [1.165, 1.54) is 18.2 Å². The van der Waals surface area contributed by atoms with Gasteiger partial charge in [-0.15, -0.1) is 0 Å². The zero-order valence-corrected chi connectivity index (χ0v) is 14.8. The first kappa shape index (κ1) is 18.4. The maximum absolute atomic E-state index is 13.6. The average Bonchev–Trinajstić information content (AvgIpc) is 3.06. The number of phosphoric ester groups is 1. The molecule has 0 spiro atoms. The van der Waals surface area contributed by atoms with Crippen molar-refractivity contribution < 1.29 is 31.3 Å². The van der Waals surface area contributed by atoms with Crippen LogP contribution in [0.1, 0.15) is 11.3 Å². The third-order valence-corrected chi connectivity index (χ3v) is 5.10. The summed E-state index contributed by atoms with van der Waals surface area (Å²) in [5.74, 6) is -1.94. The zero-order chi connectivity index (χ0) is 19.9. The Balaban J connectivity index is 1.57. The molecule has 4 rings (SSSR count). The Morgan fingerprint density at radius 1 is 1.21 bits per heavy atom. The van der Waals surface area contributed by atoms with Crippen molar-refractivity contribution in [1.29, 1.82) is 0 Å². The van der Waals surface area contributed by atoms with Crippen LogP contribution in [0.15, 0.2) is 50.5 Å². The second-order valence-corrected chi connectivity index (χ2v) is 7.25. The molecular weight excluding hydrogens is 401 g/mol. The second-order valence-electron chi connectivity index (χ2n) is 5.66. The number of nitrogens with zero attached hydrogens (tertiary/aromatic N) is 1. The molecule has 1 aliphatic heterocycles. The van der Waals surface area contributed by atoms with Crippen molar-refractivity contribution >= 4 is 7.82 Å². The highest BCUT2D eigenvalue weighted by Crippen LogP contribution is 2.55. The van der Waals surface area contributed by atoms with Gasteiger partial charge < -0.3 is 8.94 Å². The first-order valence-electron chi connectivity index (χ1n) is 7.81. The fraction of sp³-hybridized carbons (Fsp3) is 0.125. The quantitative estimate of drug-likeness (QED) is 0.656. The number of benzene rings is 1. The molecule has 0 bridgehead atoms. The van der Waals surface area contributed by atoms with Gasteiger partial charge in [0, 0.05) is 11.6 Å². The van der Waals surface area contributed by atoms with E-state index in [4.69, 9.17) is 18.0 Å². The van der Waals surface area contributed by atoms with Gasteiger partial charge in [-0.1, -0.05) is 18.2 Å². The number of aromatic amines is 1. The number of rotatable bonds is 4. The smallest absolute Gasteiger partial charge is 0.438 e. The van der Waals surface area contributed by atoms with E-state index < -0.39 is 30.7 Å². The molecule has 0 radical (unpaired) electrons. The maximum Gasteiger partial charge on any atom is 0.530 e. The van der Waals surface area contributed by atoms with Gasteiger partial charge in [0.05, 0.1) is 12.8 Å². The molecule has 1 N–H and O–H groups in total. The van der Waals surface area contributed by atoms with Crippen LogP contribution >= 0.6 is 7.82 Å². The van der Waals surface area contributed by atoms with Gasteiger partial charge in [0.1, 0.15) is 12.4 Å². The lowest BCUT2D eigenvalue weighted by Crippen LogP contribution is -2.30. The van der Waals surface area contributed by atoms with Crippen molar-refractivity contribution in [2.75, 3.05) is 0 Å². The summed E-state index contributed by atoms with van der Waals surface area (Å²) >= 11 is 0. The highest BCUT2D eigenvalue weighted by atomic mass is 31.2. The van der Waals surface area contributed by atoms with Gasteiger partial charge in [-0.05, 0) is 6.07 Å². The Hall–Kier alpha value is -3.01. The lowest BCUT2D eigenvalue weighted by atomic mass is 10.2. The molecule has 1 aliphatic rings. The molecule has 28 heavy (non-hydrogen) atoms. The lowest BCUT2D eigenvalue weighted by molar-refractivity contribution is 0.117. The van der Waals surface area contributed by atoms with E-state index in [0.717, 1.165) is 6.07 Å². The largest absolute Gasteiger partial charge is 0.530 e. The standard InChI is InChI=1S/C16H11F2N2O7P/c17-10-4-2-1-3-9(10)7-24-28(23)25-8-13-12(27-28)5-14(26-13)20-6-11(18)15(21)19-16(20)22/h1-6H,7-8H2,(H,19,21,22)/t28-/m0/s1. The molecule has 3 aromatic rings. The summed E-state index contributed by atoms with van der Waals surface area (Å²) in [5, 5.41) is 0. The molecule has 0 aliphatic carbocycles. The molecule has 3 heterocycles. The minimum atomic E-state index is -4.08. The summed E-state index contributed by atoms with van der Waals surface area (Å²) < 4.78 is 61.1. The minimum Gasteiger partial charge on any atom is -0.438 e. The number of fused-ring (bicyclic) bond motifs is 1. The van der Waals surface area contributed by atoms with Crippen LogP contribution in [0.25, 0.3) is 5.88 Å². The second kappa shape index (κ2) is 6.86. The summed E-state index contributed by atoms with van der Waals surface area (Å²) in [6.45, 7) is -0.695. The number of nitrogens with one attached hydrogen (secondary N) is 1. The fourth-order valence-electron chi connectivity index (χ4n) is 2.42. The van der Waals surface area contributed by atoms with Gasteiger partial charge in [0.15, 0.2) is 11.5 Å². The van der Waals surface area contributed by atoms with Crippen LogP contribution in [-0.4, -0.2) is 9.55 Å². The normalized spacial score (nSPS) is 18.5. The van der Waals surface area contributed by atoms with Gasteiger partial charge in [0.2, 0.25) is 11.7 Å². The predicted octanol–water partition coefficient (Wildman–Crippen LogP) is 2.63. The zero-order valence-electron chi connectivity index (χ0n) is 13.9. The van der Waals surface area contributed by atoms with Crippen molar-refractivity contribution in [1.82, 2.24) is 9.55 Å². The van der Waals surface area contributed by atoms with Gasteiger partial charge in [-0.25, -0.2) is 18.3 Å². The van der Waals surface area contributed by atoms with Crippen LogP contribution in [0.2, 0.25) is 0 Å². The van der Waals surface area contributed by atoms with Gasteiger partial charge in [0.25, 0.3) is 5.56 Å². The van der Waals surface area contributed by atoms with E-state index >= 15 is 0 Å².